The molecule has 22 heteroatoms. The van der Waals surface area contributed by atoms with Crippen LogP contribution in [0.2, 0.25) is 0 Å². The molecule has 0 aromatic heterocycles. The van der Waals surface area contributed by atoms with Gasteiger partial charge in [0.1, 0.15) is 16.6 Å². The predicted molar refractivity (Wildman–Crippen MR) is 495 cm³/mol. The highest BCUT2D eigenvalue weighted by atomic mass is 32.2. The van der Waals surface area contributed by atoms with Crippen LogP contribution in [0.15, 0.2) is 142 Å². The Morgan fingerprint density at radius 1 is 0.472 bits per heavy atom. The van der Waals surface area contributed by atoms with Gasteiger partial charge < -0.3 is 62.6 Å². The summed E-state index contributed by atoms with van der Waals surface area (Å²) in [4.78, 5) is 106. The van der Waals surface area contributed by atoms with E-state index in [0.717, 1.165) is 124 Å². The molecule has 2 N–H and O–H groups in total. The number of esters is 8. The first-order chi connectivity index (χ1) is 59.7. The molecule has 19 atom stereocenters. The lowest BCUT2D eigenvalue weighted by atomic mass is 9.76. The second-order valence-corrected chi connectivity index (χ2v) is 36.3. The van der Waals surface area contributed by atoms with Gasteiger partial charge in [0, 0.05) is 57.6 Å². The Morgan fingerprint density at radius 3 is 1.41 bits per heavy atom. The second kappa shape index (κ2) is 58.9. The highest BCUT2D eigenvalue weighted by Gasteiger charge is 2.45. The first kappa shape index (κ1) is 110. The number of nitrogens with two attached hydrogens (primary N) is 1. The fraction of sp³-hybridized carbons (Fsp3) is 0.680. The number of ether oxygens (including phenoxy) is 11. The molecule has 0 amide bonds. The summed E-state index contributed by atoms with van der Waals surface area (Å²) in [7, 11) is 0. The molecular weight excluding hydrogens is 1600 g/mol. The molecule has 702 valence electrons. The van der Waals surface area contributed by atoms with Crippen molar-refractivity contribution >= 4 is 65.3 Å². The predicted octanol–water partition coefficient (Wildman–Crippen LogP) is 21.1. The summed E-state index contributed by atoms with van der Waals surface area (Å²) in [6.07, 6.45) is 43.3. The molecule has 2 bridgehead atoms. The van der Waals surface area contributed by atoms with Gasteiger partial charge in [-0.1, -0.05) is 170 Å². The fourth-order valence-corrected chi connectivity index (χ4v) is 18.2. The summed E-state index contributed by atoms with van der Waals surface area (Å²) in [5.74, 6) is 4.44. The van der Waals surface area contributed by atoms with Crippen LogP contribution in [0.4, 0.5) is 0 Å². The lowest BCUT2D eigenvalue weighted by Crippen LogP contribution is -2.42. The van der Waals surface area contributed by atoms with Crippen molar-refractivity contribution in [2.45, 2.75) is 333 Å². The van der Waals surface area contributed by atoms with Gasteiger partial charge >= 0.3 is 47.8 Å². The van der Waals surface area contributed by atoms with Gasteiger partial charge in [-0.3, -0.25) is 14.4 Å². The van der Waals surface area contributed by atoms with E-state index in [9.17, 15) is 43.2 Å². The molecule has 9 aliphatic carbocycles. The van der Waals surface area contributed by atoms with Crippen LogP contribution in [-0.4, -0.2) is 153 Å². The standard InChI is InChI=1S/C18H30O4.C16H28O3.C16H20O2S.C15H27NO3.C11H16O2.C10H16O2.C10H14O2.C7H8O2/c1-6-15(7-2)22-17-11-14(18(20)21-8-3)9-12(4)16(17)10-13(5)19;1-6-14(7-2)19-15-10-13(16(17)18-8-3)9-11(4)12(15)5;1-3-18-15(17)16(11-7-8-13(2)12-16)19-14-9-5-4-6-10-14;1-5-12(6-2)19-14-9-11(15(17)18-7-3)8-13(16)10(14)4;1-3-13-11(12)9-4-7(2)10-6-8(10)5-9;2*1-3-12-10(11)9-6-4-5-8(2)7-9;8-7-5-2-1-3-6(4-5)9-7/h11-12,15-17H,6-10H2,1-5H3;10-12,14-15H,6-9H2,1-5H3;4-10,13H,3,11-12H2,1-2H3;9-10,12-14H,5-8,16H2,1-4H3;5,7-8,10H,3-4,6H2,1-2H3;4-5,8-9H,3,6-7H2,1-2H3;4-6,8H,3,7H2,1-2H3;1,3,5-6H,2,4H2/t;;;;;;;5-,6+/m.......0/s1. The Balaban J connectivity index is 0.000000303. The third kappa shape index (κ3) is 38.0. The monoisotopic (exact) mass is 1760 g/mol. The number of hydrogen-bond donors (Lipinski definition) is 1. The highest BCUT2D eigenvalue weighted by molar-refractivity contribution is 8.01. The van der Waals surface area contributed by atoms with Crippen LogP contribution in [0.25, 0.3) is 0 Å². The maximum absolute atomic E-state index is 12.4. The minimum Gasteiger partial charge on any atom is -0.466 e. The Morgan fingerprint density at radius 2 is 0.936 bits per heavy atom. The van der Waals surface area contributed by atoms with Crippen LogP contribution in [0.1, 0.15) is 274 Å². The summed E-state index contributed by atoms with van der Waals surface area (Å²) < 4.78 is 58.3. The smallest absolute Gasteiger partial charge is 0.334 e. The molecule has 1 saturated carbocycles. The van der Waals surface area contributed by atoms with E-state index in [-0.39, 0.29) is 132 Å². The van der Waals surface area contributed by atoms with Crippen molar-refractivity contribution in [3.63, 3.8) is 0 Å². The zero-order valence-electron chi connectivity index (χ0n) is 80.1. The zero-order valence-corrected chi connectivity index (χ0v) is 80.9. The maximum Gasteiger partial charge on any atom is 0.334 e. The van der Waals surface area contributed by atoms with Crippen molar-refractivity contribution in [1.29, 1.82) is 0 Å². The van der Waals surface area contributed by atoms with E-state index in [2.05, 4.69) is 146 Å². The largest absolute Gasteiger partial charge is 0.466 e. The quantitative estimate of drug-likeness (QED) is 0.0425. The molecule has 125 heavy (non-hydrogen) atoms. The van der Waals surface area contributed by atoms with Gasteiger partial charge in [0.05, 0.1) is 94.7 Å². The number of ketones is 1. The van der Waals surface area contributed by atoms with Gasteiger partial charge in [0.2, 0.25) is 0 Å². The van der Waals surface area contributed by atoms with Crippen molar-refractivity contribution in [3.05, 3.63) is 137 Å². The molecule has 1 heterocycles. The van der Waals surface area contributed by atoms with Crippen LogP contribution >= 0.6 is 11.8 Å². The first-order valence-electron chi connectivity index (χ1n) is 47.3. The normalized spacial score (nSPS) is 28.0. The Kier molecular flexibility index (Phi) is 51.7. The molecule has 10 aliphatic rings. The number of allylic oxidation sites excluding steroid dienone is 9. The minimum absolute atomic E-state index is 0.00926. The molecule has 11 rings (SSSR count). The van der Waals surface area contributed by atoms with Crippen LogP contribution in [0, 0.1) is 76.9 Å². The number of Topliss-reactive ketones (excluding diaryl/α,β-unsaturated/α-hetero) is 1. The van der Waals surface area contributed by atoms with Crippen molar-refractivity contribution in [1.82, 2.24) is 0 Å². The number of carbonyl (C=O) groups is 9. The Bertz CT molecular complexity index is 3700. The summed E-state index contributed by atoms with van der Waals surface area (Å²) >= 11 is 1.64. The van der Waals surface area contributed by atoms with Crippen LogP contribution < -0.4 is 5.73 Å². The second-order valence-electron chi connectivity index (χ2n) is 34.9. The molecule has 1 aliphatic heterocycles. The van der Waals surface area contributed by atoms with Gasteiger partial charge in [-0.25, -0.2) is 24.0 Å². The van der Waals surface area contributed by atoms with E-state index in [1.54, 1.807) is 25.6 Å². The van der Waals surface area contributed by atoms with Crippen molar-refractivity contribution in [2.24, 2.45) is 82.7 Å². The summed E-state index contributed by atoms with van der Waals surface area (Å²) in [6, 6.07) is 10.0. The molecule has 1 aromatic carbocycles. The topological polar surface area (TPSA) is 281 Å². The summed E-state index contributed by atoms with van der Waals surface area (Å²) in [6.45, 7) is 47.3. The fourth-order valence-electron chi connectivity index (χ4n) is 16.8. The SMILES string of the molecule is CCOC(=O)C1(Sc2ccccc2)CC=CC(C)C1.CCOC(=O)C1=CC(OC(CC)CC)C(C)C(C)C1.CCOC(=O)C1=CC(OC(CC)CC)C(C)C(N)C1.CCOC(=O)C1=CC(OC(CC)CC)C(CC(C)=O)C(C)C1.CCOC(=O)C1=CC2CC2C(C)C1.CCOC(=O)C1=CC=CC(C)C1.CCOC(=O)C1CC=CC(C)C1.O=C1O[C@@H]2C=CC[C@H]1C2. The summed E-state index contributed by atoms with van der Waals surface area (Å²) in [5, 5.41) is 0. The van der Waals surface area contributed by atoms with E-state index >= 15 is 0 Å². The van der Waals surface area contributed by atoms with E-state index in [0.29, 0.717) is 118 Å². The number of thioether (sulfide) groups is 1. The van der Waals surface area contributed by atoms with Gasteiger partial charge in [0.15, 0.2) is 0 Å². The summed E-state index contributed by atoms with van der Waals surface area (Å²) in [5.41, 5.74) is 9.94. The third-order valence-corrected chi connectivity index (χ3v) is 26.0. The van der Waals surface area contributed by atoms with E-state index < -0.39 is 4.75 Å². The average molecular weight is 1760 g/mol. The third-order valence-electron chi connectivity index (χ3n) is 24.6. The van der Waals surface area contributed by atoms with Gasteiger partial charge in [-0.05, 0) is 260 Å². The lowest BCUT2D eigenvalue weighted by Gasteiger charge is -2.36. The van der Waals surface area contributed by atoms with Crippen LogP contribution in [-0.2, 0) is 95.3 Å². The first-order valence-corrected chi connectivity index (χ1v) is 48.1. The van der Waals surface area contributed by atoms with Crippen LogP contribution in [0.5, 0.6) is 0 Å². The molecule has 1 aromatic rings. The molecular formula is C103H159NO20S. The maximum atomic E-state index is 12.4. The Hall–Kier alpha value is -7.50. The van der Waals surface area contributed by atoms with Crippen molar-refractivity contribution in [3.8, 4) is 0 Å². The van der Waals surface area contributed by atoms with Crippen molar-refractivity contribution < 1.29 is 95.3 Å². The minimum atomic E-state index is -0.467. The Labute approximate surface area is 755 Å². The molecule has 2 fully saturated rings. The number of benzene rings is 1. The number of rotatable bonds is 30. The van der Waals surface area contributed by atoms with Gasteiger partial charge in [-0.15, -0.1) is 11.8 Å². The molecule has 1 saturated heterocycles. The zero-order chi connectivity index (χ0) is 92.9. The number of fused-ring (bicyclic) bond motifs is 3. The molecule has 0 spiro atoms. The van der Waals surface area contributed by atoms with Crippen molar-refractivity contribution in [2.75, 3.05) is 46.2 Å². The van der Waals surface area contributed by atoms with E-state index in [1.165, 1.54) is 6.42 Å². The molecule has 21 nitrogen and oxygen atoms in total. The molecule has 0 radical (unpaired) electrons. The average Bonchev–Trinajstić information content (AvgIpc) is 1.62. The van der Waals surface area contributed by atoms with Gasteiger partial charge in [0.25, 0.3) is 0 Å². The number of carbonyl (C=O) groups excluding carboxylic acids is 9. The highest BCUT2D eigenvalue weighted by Crippen LogP contribution is 2.51. The molecule has 17 unspecified atom stereocenters. The van der Waals surface area contributed by atoms with Crippen LogP contribution in [0.3, 0.4) is 0 Å². The number of hydrogen-bond acceptors (Lipinski definition) is 22. The lowest BCUT2D eigenvalue weighted by molar-refractivity contribution is -0.149. The van der Waals surface area contributed by atoms with E-state index in [1.807, 2.05) is 102 Å². The van der Waals surface area contributed by atoms with E-state index in [4.69, 9.17) is 57.8 Å². The van der Waals surface area contributed by atoms with Gasteiger partial charge in [-0.2, -0.15) is 0 Å².